The van der Waals surface area contributed by atoms with Gasteiger partial charge < -0.3 is 14.2 Å². The van der Waals surface area contributed by atoms with E-state index in [-0.39, 0.29) is 17.4 Å². The second-order valence-corrected chi connectivity index (χ2v) is 4.91. The van der Waals surface area contributed by atoms with Gasteiger partial charge in [-0.1, -0.05) is 5.16 Å². The average molecular weight is 291 g/mol. The molecule has 0 aliphatic rings. The normalized spacial score (nSPS) is 12.2. The molecule has 112 valence electrons. The number of Topliss-reactive ketones (excluding diaryl/α,β-unsaturated/α-hetero) is 1. The van der Waals surface area contributed by atoms with Gasteiger partial charge in [-0.25, -0.2) is 4.79 Å². The minimum absolute atomic E-state index is 0.0964. The second-order valence-electron chi connectivity index (χ2n) is 4.91. The van der Waals surface area contributed by atoms with E-state index < -0.39 is 12.1 Å². The van der Waals surface area contributed by atoms with Crippen LogP contribution in [0.2, 0.25) is 0 Å². The monoisotopic (exact) mass is 291 g/mol. The maximum absolute atomic E-state index is 12.2. The quantitative estimate of drug-likeness (QED) is 0.686. The highest BCUT2D eigenvalue weighted by atomic mass is 16.6. The molecule has 0 amide bonds. The molecule has 0 bridgehead atoms. The van der Waals surface area contributed by atoms with Crippen molar-refractivity contribution < 1.29 is 18.8 Å². The van der Waals surface area contributed by atoms with E-state index in [1.54, 1.807) is 27.7 Å². The minimum atomic E-state index is -0.664. The van der Waals surface area contributed by atoms with Gasteiger partial charge in [0, 0.05) is 11.3 Å². The van der Waals surface area contributed by atoms with Crippen molar-refractivity contribution in [2.45, 2.75) is 40.7 Å². The van der Waals surface area contributed by atoms with Crippen LogP contribution in [0.15, 0.2) is 4.52 Å². The van der Waals surface area contributed by atoms with Gasteiger partial charge in [-0.15, -0.1) is 0 Å². The van der Waals surface area contributed by atoms with Gasteiger partial charge in [0.25, 0.3) is 5.89 Å². The Morgan fingerprint density at radius 2 is 1.95 bits per heavy atom. The number of aryl methyl sites for hydroxylation is 2. The number of ketones is 1. The Labute approximate surface area is 121 Å². The van der Waals surface area contributed by atoms with E-state index in [4.69, 9.17) is 9.26 Å². The van der Waals surface area contributed by atoms with Crippen LogP contribution in [-0.4, -0.2) is 26.9 Å². The molecule has 0 spiro atoms. The van der Waals surface area contributed by atoms with Crippen LogP contribution in [-0.2, 0) is 4.74 Å². The van der Waals surface area contributed by atoms with Crippen LogP contribution in [0.4, 0.5) is 0 Å². The van der Waals surface area contributed by atoms with Crippen molar-refractivity contribution in [3.63, 3.8) is 0 Å². The van der Waals surface area contributed by atoms with Crippen LogP contribution >= 0.6 is 0 Å². The fraction of sp³-hybridized carbons (Fsp3) is 0.429. The zero-order valence-corrected chi connectivity index (χ0v) is 12.6. The molecule has 2 rings (SSSR count). The SMILES string of the molecule is CC(=O)c1c(C)[nH]c(C(=O)OC(C)c2nc(C)no2)c1C. The van der Waals surface area contributed by atoms with Gasteiger partial charge in [-0.05, 0) is 40.2 Å². The van der Waals surface area contributed by atoms with Gasteiger partial charge in [0.1, 0.15) is 5.69 Å². The lowest BCUT2D eigenvalue weighted by atomic mass is 10.1. The van der Waals surface area contributed by atoms with Gasteiger partial charge >= 0.3 is 5.97 Å². The summed E-state index contributed by atoms with van der Waals surface area (Å²) in [7, 11) is 0. The molecule has 7 nitrogen and oxygen atoms in total. The molecular weight excluding hydrogens is 274 g/mol. The molecule has 1 N–H and O–H groups in total. The molecule has 2 aromatic rings. The number of nitrogens with zero attached hydrogens (tertiary/aromatic N) is 2. The number of H-pyrrole nitrogens is 1. The van der Waals surface area contributed by atoms with E-state index in [0.29, 0.717) is 22.6 Å². The van der Waals surface area contributed by atoms with Crippen LogP contribution < -0.4 is 0 Å². The molecule has 2 heterocycles. The number of esters is 1. The van der Waals surface area contributed by atoms with Crippen LogP contribution in [0.25, 0.3) is 0 Å². The van der Waals surface area contributed by atoms with E-state index in [9.17, 15) is 9.59 Å². The Morgan fingerprint density at radius 1 is 1.29 bits per heavy atom. The summed E-state index contributed by atoms with van der Waals surface area (Å²) >= 11 is 0. The first kappa shape index (κ1) is 15.0. The third-order valence-corrected chi connectivity index (χ3v) is 3.17. The predicted molar refractivity (Wildman–Crippen MR) is 73.1 cm³/mol. The number of carbonyl (C=O) groups excluding carboxylic acids is 2. The van der Waals surface area contributed by atoms with Crippen LogP contribution in [0.3, 0.4) is 0 Å². The lowest BCUT2D eigenvalue weighted by Crippen LogP contribution is -2.11. The van der Waals surface area contributed by atoms with Crippen molar-refractivity contribution in [2.24, 2.45) is 0 Å². The molecule has 0 aromatic carbocycles. The van der Waals surface area contributed by atoms with Crippen molar-refractivity contribution in [3.05, 3.63) is 34.2 Å². The Kier molecular flexibility index (Phi) is 3.93. The maximum Gasteiger partial charge on any atom is 0.355 e. The maximum atomic E-state index is 12.2. The molecule has 1 atom stereocenters. The Morgan fingerprint density at radius 3 is 2.43 bits per heavy atom. The van der Waals surface area contributed by atoms with Crippen molar-refractivity contribution in [2.75, 3.05) is 0 Å². The number of carbonyl (C=O) groups is 2. The topological polar surface area (TPSA) is 98.1 Å². The standard InChI is InChI=1S/C14H17N3O4/c1-6-11(8(3)18)7(2)15-12(6)14(19)20-9(4)13-16-10(5)17-21-13/h9,15H,1-5H3. The molecule has 0 saturated heterocycles. The van der Waals surface area contributed by atoms with Gasteiger partial charge in [0.15, 0.2) is 17.7 Å². The van der Waals surface area contributed by atoms with Crippen molar-refractivity contribution in [1.29, 1.82) is 0 Å². The summed E-state index contributed by atoms with van der Waals surface area (Å²) in [5.74, 6) is 0.0413. The van der Waals surface area contributed by atoms with Crippen LogP contribution in [0.1, 0.15) is 63.8 Å². The highest BCUT2D eigenvalue weighted by Crippen LogP contribution is 2.22. The molecule has 2 aromatic heterocycles. The van der Waals surface area contributed by atoms with E-state index in [1.165, 1.54) is 6.92 Å². The van der Waals surface area contributed by atoms with Crippen molar-refractivity contribution in [3.8, 4) is 0 Å². The summed E-state index contributed by atoms with van der Waals surface area (Å²) in [6.45, 7) is 8.23. The molecule has 0 radical (unpaired) electrons. The number of aromatic amines is 1. The number of ether oxygens (including phenoxy) is 1. The van der Waals surface area contributed by atoms with Gasteiger partial charge in [-0.3, -0.25) is 4.79 Å². The molecule has 0 fully saturated rings. The van der Waals surface area contributed by atoms with Gasteiger partial charge in [0.05, 0.1) is 0 Å². The summed E-state index contributed by atoms with van der Waals surface area (Å²) in [4.78, 5) is 30.7. The highest BCUT2D eigenvalue weighted by Gasteiger charge is 2.24. The molecule has 0 aliphatic heterocycles. The molecular formula is C14H17N3O4. The zero-order valence-electron chi connectivity index (χ0n) is 12.6. The van der Waals surface area contributed by atoms with E-state index >= 15 is 0 Å². The number of aromatic nitrogens is 3. The molecule has 7 heteroatoms. The fourth-order valence-corrected chi connectivity index (χ4v) is 2.23. The molecule has 0 saturated carbocycles. The summed E-state index contributed by atoms with van der Waals surface area (Å²) < 4.78 is 10.2. The predicted octanol–water partition coefficient (Wildman–Crippen LogP) is 2.44. The van der Waals surface area contributed by atoms with Gasteiger partial charge in [-0.2, -0.15) is 4.98 Å². The highest BCUT2D eigenvalue weighted by molar-refractivity contribution is 6.01. The largest absolute Gasteiger partial charge is 0.448 e. The summed E-state index contributed by atoms with van der Waals surface area (Å²) in [6.07, 6.45) is -0.664. The Balaban J connectivity index is 2.21. The second kappa shape index (κ2) is 5.51. The first-order valence-corrected chi connectivity index (χ1v) is 6.52. The number of hydrogen-bond acceptors (Lipinski definition) is 6. The Bertz CT molecular complexity index is 699. The number of rotatable bonds is 4. The smallest absolute Gasteiger partial charge is 0.355 e. The van der Waals surface area contributed by atoms with E-state index in [0.717, 1.165) is 0 Å². The molecule has 0 aliphatic carbocycles. The van der Waals surface area contributed by atoms with Crippen LogP contribution in [0.5, 0.6) is 0 Å². The third-order valence-electron chi connectivity index (χ3n) is 3.17. The first-order chi connectivity index (χ1) is 9.81. The number of nitrogens with one attached hydrogen (secondary N) is 1. The third kappa shape index (κ3) is 2.86. The average Bonchev–Trinajstić information content (AvgIpc) is 2.93. The minimum Gasteiger partial charge on any atom is -0.448 e. The lowest BCUT2D eigenvalue weighted by Gasteiger charge is -2.08. The van der Waals surface area contributed by atoms with E-state index in [2.05, 4.69) is 15.1 Å². The van der Waals surface area contributed by atoms with Crippen molar-refractivity contribution >= 4 is 11.8 Å². The zero-order chi connectivity index (χ0) is 15.7. The Hall–Kier alpha value is -2.44. The molecule has 1 unspecified atom stereocenters. The van der Waals surface area contributed by atoms with E-state index in [1.807, 2.05) is 0 Å². The van der Waals surface area contributed by atoms with Gasteiger partial charge in [0.2, 0.25) is 0 Å². The first-order valence-electron chi connectivity index (χ1n) is 6.52. The fourth-order valence-electron chi connectivity index (χ4n) is 2.23. The lowest BCUT2D eigenvalue weighted by molar-refractivity contribution is 0.0258. The van der Waals surface area contributed by atoms with Crippen LogP contribution in [0, 0.1) is 20.8 Å². The molecule has 21 heavy (non-hydrogen) atoms. The summed E-state index contributed by atoms with van der Waals surface area (Å²) in [5.41, 5.74) is 2.01. The summed E-state index contributed by atoms with van der Waals surface area (Å²) in [6, 6.07) is 0. The van der Waals surface area contributed by atoms with Crippen molar-refractivity contribution in [1.82, 2.24) is 15.1 Å². The summed E-state index contributed by atoms with van der Waals surface area (Å²) in [5, 5.41) is 3.65. The number of hydrogen-bond donors (Lipinski definition) is 1.